The molecule has 1 aliphatic rings. The van der Waals surface area contributed by atoms with E-state index in [0.29, 0.717) is 6.42 Å². The lowest BCUT2D eigenvalue weighted by Crippen LogP contribution is -2.49. The molecule has 116 valence electrons. The summed E-state index contributed by atoms with van der Waals surface area (Å²) in [5.41, 5.74) is 5.36. The third-order valence-corrected chi connectivity index (χ3v) is 5.31. The first kappa shape index (κ1) is 16.2. The second-order valence-corrected chi connectivity index (χ2v) is 7.16. The first-order valence-electron chi connectivity index (χ1n) is 6.53. The number of nitro groups is 1. The molecule has 0 spiro atoms. The van der Waals surface area contributed by atoms with Crippen molar-refractivity contribution in [3.63, 3.8) is 0 Å². The minimum absolute atomic E-state index is 0.106. The van der Waals surface area contributed by atoms with E-state index in [9.17, 15) is 18.5 Å². The van der Waals surface area contributed by atoms with Crippen molar-refractivity contribution in [2.75, 3.05) is 0 Å². The van der Waals surface area contributed by atoms with Crippen molar-refractivity contribution in [1.82, 2.24) is 4.72 Å². The molecule has 0 unspecified atom stereocenters. The van der Waals surface area contributed by atoms with Crippen molar-refractivity contribution in [3.05, 3.63) is 33.3 Å². The summed E-state index contributed by atoms with van der Waals surface area (Å²) in [6.45, 7) is 0. The Labute approximate surface area is 127 Å². The van der Waals surface area contributed by atoms with E-state index in [4.69, 9.17) is 17.3 Å². The maximum absolute atomic E-state index is 12.4. The molecule has 0 amide bonds. The van der Waals surface area contributed by atoms with Gasteiger partial charge in [0.1, 0.15) is 0 Å². The number of hydrogen-bond donors (Lipinski definition) is 2. The molecular weight excluding hydrogens is 318 g/mol. The fourth-order valence-corrected chi connectivity index (χ4v) is 4.07. The van der Waals surface area contributed by atoms with Crippen molar-refractivity contribution < 1.29 is 13.3 Å². The third-order valence-electron chi connectivity index (χ3n) is 3.53. The number of nitro benzene ring substituents is 1. The van der Waals surface area contributed by atoms with Crippen LogP contribution in [0.2, 0.25) is 5.02 Å². The van der Waals surface area contributed by atoms with Gasteiger partial charge in [0.25, 0.3) is 5.69 Å². The van der Waals surface area contributed by atoms with Gasteiger partial charge in [-0.1, -0.05) is 24.4 Å². The van der Waals surface area contributed by atoms with Crippen LogP contribution in [0.3, 0.4) is 0 Å². The van der Waals surface area contributed by atoms with Gasteiger partial charge < -0.3 is 5.73 Å². The van der Waals surface area contributed by atoms with Crippen LogP contribution < -0.4 is 10.5 Å². The van der Waals surface area contributed by atoms with Gasteiger partial charge in [-0.15, -0.1) is 0 Å². The highest BCUT2D eigenvalue weighted by Crippen LogP contribution is 2.28. The molecule has 0 aromatic heterocycles. The number of hydrogen-bond acceptors (Lipinski definition) is 5. The van der Waals surface area contributed by atoms with Gasteiger partial charge in [-0.05, 0) is 25.0 Å². The second kappa shape index (κ2) is 6.27. The molecule has 9 heteroatoms. The molecule has 2 atom stereocenters. The van der Waals surface area contributed by atoms with Crippen LogP contribution in [-0.2, 0) is 10.0 Å². The molecule has 0 saturated heterocycles. The topological polar surface area (TPSA) is 115 Å². The van der Waals surface area contributed by atoms with Crippen LogP contribution in [0, 0.1) is 10.1 Å². The van der Waals surface area contributed by atoms with Gasteiger partial charge in [-0.3, -0.25) is 10.1 Å². The predicted molar refractivity (Wildman–Crippen MR) is 78.7 cm³/mol. The summed E-state index contributed by atoms with van der Waals surface area (Å²) in [5.74, 6) is 0. The van der Waals surface area contributed by atoms with Gasteiger partial charge in [0, 0.05) is 23.2 Å². The number of nitrogens with zero attached hydrogens (tertiary/aromatic N) is 1. The molecule has 0 heterocycles. The molecule has 3 N–H and O–H groups in total. The van der Waals surface area contributed by atoms with Gasteiger partial charge in [0.15, 0.2) is 4.90 Å². The zero-order valence-electron chi connectivity index (χ0n) is 11.2. The largest absolute Gasteiger partial charge is 0.326 e. The van der Waals surface area contributed by atoms with Gasteiger partial charge >= 0.3 is 0 Å². The lowest BCUT2D eigenvalue weighted by Gasteiger charge is -2.28. The minimum atomic E-state index is -4.02. The van der Waals surface area contributed by atoms with Crippen LogP contribution in [0.15, 0.2) is 23.1 Å². The Kier molecular flexibility index (Phi) is 4.82. The highest BCUT2D eigenvalue weighted by molar-refractivity contribution is 7.89. The number of halogens is 1. The molecule has 1 aromatic carbocycles. The Hall–Kier alpha value is -1.22. The number of nitrogens with one attached hydrogen (secondary N) is 1. The molecule has 0 radical (unpaired) electrons. The van der Waals surface area contributed by atoms with Crippen LogP contribution in [0.1, 0.15) is 25.7 Å². The van der Waals surface area contributed by atoms with Crippen LogP contribution >= 0.6 is 11.6 Å². The molecule has 0 aliphatic heterocycles. The highest BCUT2D eigenvalue weighted by atomic mass is 35.5. The molecule has 1 aliphatic carbocycles. The van der Waals surface area contributed by atoms with E-state index < -0.39 is 31.6 Å². The standard InChI is InChI=1S/C12H16ClN3O4S/c13-8-5-6-12(11(7-8)16(17)18)21(19,20)15-10-4-2-1-3-9(10)14/h5-7,9-10,15H,1-4,14H2/t9-,10-/m1/s1. The smallest absolute Gasteiger partial charge is 0.290 e. The first-order valence-corrected chi connectivity index (χ1v) is 8.39. The number of sulfonamides is 1. The Balaban J connectivity index is 2.33. The van der Waals surface area contributed by atoms with E-state index in [1.165, 1.54) is 6.07 Å². The highest BCUT2D eigenvalue weighted by Gasteiger charge is 2.31. The fraction of sp³-hybridized carbons (Fsp3) is 0.500. The van der Waals surface area contributed by atoms with Crippen LogP contribution in [0.4, 0.5) is 5.69 Å². The first-order chi connectivity index (χ1) is 9.81. The normalized spacial score (nSPS) is 23.0. The Bertz CT molecular complexity index is 650. The fourth-order valence-electron chi connectivity index (χ4n) is 2.43. The Morgan fingerprint density at radius 3 is 2.62 bits per heavy atom. The van der Waals surface area contributed by atoms with Crippen LogP contribution in [-0.4, -0.2) is 25.4 Å². The van der Waals surface area contributed by atoms with Crippen molar-refractivity contribution in [3.8, 4) is 0 Å². The summed E-state index contributed by atoms with van der Waals surface area (Å²) in [6, 6.07) is 2.79. The summed E-state index contributed by atoms with van der Waals surface area (Å²) < 4.78 is 27.2. The van der Waals surface area contributed by atoms with E-state index in [1.54, 1.807) is 0 Å². The van der Waals surface area contributed by atoms with Crippen molar-refractivity contribution in [2.24, 2.45) is 5.73 Å². The van der Waals surface area contributed by atoms with Crippen molar-refractivity contribution in [2.45, 2.75) is 42.7 Å². The maximum Gasteiger partial charge on any atom is 0.290 e. The second-order valence-electron chi connectivity index (χ2n) is 5.05. The summed E-state index contributed by atoms with van der Waals surface area (Å²) in [5, 5.41) is 11.1. The molecule has 0 bridgehead atoms. The molecule has 2 rings (SSSR count). The van der Waals surface area contributed by atoms with Gasteiger partial charge in [-0.2, -0.15) is 0 Å². The zero-order chi connectivity index (χ0) is 15.6. The molecule has 7 nitrogen and oxygen atoms in total. The van der Waals surface area contributed by atoms with E-state index in [-0.39, 0.29) is 11.1 Å². The van der Waals surface area contributed by atoms with Crippen LogP contribution in [0.25, 0.3) is 0 Å². The van der Waals surface area contributed by atoms with E-state index in [2.05, 4.69) is 4.72 Å². The van der Waals surface area contributed by atoms with Crippen molar-refractivity contribution >= 4 is 27.3 Å². The molecule has 1 saturated carbocycles. The molecule has 21 heavy (non-hydrogen) atoms. The Morgan fingerprint density at radius 1 is 1.33 bits per heavy atom. The monoisotopic (exact) mass is 333 g/mol. The number of rotatable bonds is 4. The van der Waals surface area contributed by atoms with Gasteiger partial charge in [-0.25, -0.2) is 13.1 Å². The number of nitrogens with two attached hydrogens (primary N) is 1. The third kappa shape index (κ3) is 3.70. The van der Waals surface area contributed by atoms with Crippen molar-refractivity contribution in [1.29, 1.82) is 0 Å². The summed E-state index contributed by atoms with van der Waals surface area (Å²) >= 11 is 5.69. The number of benzene rings is 1. The van der Waals surface area contributed by atoms with E-state index >= 15 is 0 Å². The Morgan fingerprint density at radius 2 is 2.00 bits per heavy atom. The van der Waals surface area contributed by atoms with E-state index in [1.807, 2.05) is 0 Å². The zero-order valence-corrected chi connectivity index (χ0v) is 12.7. The quantitative estimate of drug-likeness (QED) is 0.643. The predicted octanol–water partition coefficient (Wildman–Crippen LogP) is 1.80. The summed E-state index contributed by atoms with van der Waals surface area (Å²) in [7, 11) is -4.02. The average Bonchev–Trinajstić information content (AvgIpc) is 2.40. The minimum Gasteiger partial charge on any atom is -0.326 e. The van der Waals surface area contributed by atoms with Gasteiger partial charge in [0.05, 0.1) is 4.92 Å². The summed E-state index contributed by atoms with van der Waals surface area (Å²) in [4.78, 5) is 9.85. The molecular formula is C12H16ClN3O4S. The van der Waals surface area contributed by atoms with E-state index in [0.717, 1.165) is 31.4 Å². The molecule has 1 fully saturated rings. The van der Waals surface area contributed by atoms with Crippen LogP contribution in [0.5, 0.6) is 0 Å². The average molecular weight is 334 g/mol. The van der Waals surface area contributed by atoms with Gasteiger partial charge in [0.2, 0.25) is 10.0 Å². The SMILES string of the molecule is N[C@@H]1CCCC[C@H]1NS(=O)(=O)c1ccc(Cl)cc1[N+](=O)[O-]. The maximum atomic E-state index is 12.4. The lowest BCUT2D eigenvalue weighted by atomic mass is 9.92. The summed E-state index contributed by atoms with van der Waals surface area (Å²) in [6.07, 6.45) is 3.20. The molecule has 1 aromatic rings. The lowest BCUT2D eigenvalue weighted by molar-refractivity contribution is -0.387.